The second kappa shape index (κ2) is 7.90. The van der Waals surface area contributed by atoms with E-state index in [1.54, 1.807) is 22.9 Å². The molecule has 0 radical (unpaired) electrons. The molecule has 8 nitrogen and oxygen atoms in total. The highest BCUT2D eigenvalue weighted by Gasteiger charge is 2.28. The topological polar surface area (TPSA) is 94.6 Å². The van der Waals surface area contributed by atoms with Crippen molar-refractivity contribution in [3.05, 3.63) is 53.7 Å². The van der Waals surface area contributed by atoms with E-state index < -0.39 is 0 Å². The number of hydrogen-bond donors (Lipinski definition) is 2. The average molecular weight is 393 g/mol. The van der Waals surface area contributed by atoms with Crippen molar-refractivity contribution in [2.75, 3.05) is 30.4 Å². The molecular formula is C21H23N5O3. The highest BCUT2D eigenvalue weighted by atomic mass is 16.2. The summed E-state index contributed by atoms with van der Waals surface area (Å²) in [4.78, 5) is 44.5. The molecule has 0 bridgehead atoms. The first kappa shape index (κ1) is 18.9. The summed E-state index contributed by atoms with van der Waals surface area (Å²) in [6.45, 7) is 1.07. The van der Waals surface area contributed by atoms with Crippen LogP contribution in [-0.4, -0.2) is 53.8 Å². The Morgan fingerprint density at radius 1 is 1.24 bits per heavy atom. The van der Waals surface area contributed by atoms with Gasteiger partial charge in [-0.15, -0.1) is 0 Å². The Hall–Kier alpha value is -3.42. The van der Waals surface area contributed by atoms with Crippen molar-refractivity contribution in [2.45, 2.75) is 25.4 Å². The lowest BCUT2D eigenvalue weighted by molar-refractivity contribution is -0.132. The van der Waals surface area contributed by atoms with Gasteiger partial charge in [0.25, 0.3) is 5.91 Å². The first-order valence-corrected chi connectivity index (χ1v) is 9.64. The van der Waals surface area contributed by atoms with Gasteiger partial charge in [-0.05, 0) is 18.1 Å². The number of benzene rings is 1. The average Bonchev–Trinajstić information content (AvgIpc) is 2.73. The van der Waals surface area contributed by atoms with Crippen LogP contribution in [0.3, 0.4) is 0 Å². The second-order valence-corrected chi connectivity index (χ2v) is 7.39. The van der Waals surface area contributed by atoms with Gasteiger partial charge in [0.2, 0.25) is 11.8 Å². The van der Waals surface area contributed by atoms with E-state index in [-0.39, 0.29) is 30.3 Å². The van der Waals surface area contributed by atoms with E-state index in [0.717, 1.165) is 5.56 Å². The first-order chi connectivity index (χ1) is 14.0. The molecule has 0 spiro atoms. The molecule has 0 saturated carbocycles. The van der Waals surface area contributed by atoms with Crippen LogP contribution in [-0.2, 0) is 16.1 Å². The van der Waals surface area contributed by atoms with Crippen molar-refractivity contribution in [3.8, 4) is 0 Å². The van der Waals surface area contributed by atoms with Crippen LogP contribution in [0.15, 0.2) is 42.6 Å². The van der Waals surface area contributed by atoms with Crippen LogP contribution < -0.4 is 15.5 Å². The van der Waals surface area contributed by atoms with Gasteiger partial charge in [-0.3, -0.25) is 14.4 Å². The fourth-order valence-electron chi connectivity index (χ4n) is 3.65. The molecule has 3 heterocycles. The summed E-state index contributed by atoms with van der Waals surface area (Å²) in [6.07, 6.45) is 2.55. The number of anilines is 2. The molecule has 1 saturated heterocycles. The third kappa shape index (κ3) is 4.06. The first-order valence-electron chi connectivity index (χ1n) is 9.64. The minimum atomic E-state index is -0.259. The summed E-state index contributed by atoms with van der Waals surface area (Å²) in [5, 5.41) is 5.98. The Balaban J connectivity index is 1.54. The number of fused-ring (bicyclic) bond motifs is 1. The van der Waals surface area contributed by atoms with Gasteiger partial charge >= 0.3 is 0 Å². The van der Waals surface area contributed by atoms with E-state index in [9.17, 15) is 14.4 Å². The van der Waals surface area contributed by atoms with Crippen LogP contribution in [0.5, 0.6) is 0 Å². The molecule has 2 N–H and O–H groups in total. The zero-order valence-corrected chi connectivity index (χ0v) is 16.2. The van der Waals surface area contributed by atoms with E-state index in [2.05, 4.69) is 15.6 Å². The summed E-state index contributed by atoms with van der Waals surface area (Å²) in [5.74, 6) is 0.339. The summed E-state index contributed by atoms with van der Waals surface area (Å²) >= 11 is 0. The number of rotatable bonds is 4. The van der Waals surface area contributed by atoms with Crippen molar-refractivity contribution in [3.63, 3.8) is 0 Å². The van der Waals surface area contributed by atoms with E-state index in [1.807, 2.05) is 30.3 Å². The molecule has 3 amide bonds. The Kier molecular flexibility index (Phi) is 5.16. The number of pyridine rings is 1. The number of aromatic nitrogens is 1. The number of likely N-dealkylation sites (tertiary alicyclic amines) is 1. The molecule has 0 aliphatic carbocycles. The number of carbonyl (C=O) groups is 3. The molecule has 150 valence electrons. The van der Waals surface area contributed by atoms with Gasteiger partial charge in [-0.25, -0.2) is 4.98 Å². The van der Waals surface area contributed by atoms with Crippen LogP contribution in [0.4, 0.5) is 11.5 Å². The van der Waals surface area contributed by atoms with Crippen molar-refractivity contribution >= 4 is 29.2 Å². The molecule has 2 aromatic rings. The van der Waals surface area contributed by atoms with Gasteiger partial charge in [0.05, 0.1) is 24.3 Å². The van der Waals surface area contributed by atoms with E-state index in [4.69, 9.17) is 0 Å². The standard InChI is InChI=1S/C21H23N5O3/c1-25-13-16(7-8-18(25)27)24-21(29)15-9-17-20(22-10-15)23-11-19(28)26(17)12-14-5-3-2-4-6-14/h2-6,9-10,16H,7-8,11-13H2,1H3,(H,22,23)(H,24,29). The number of piperidine rings is 1. The molecule has 4 rings (SSSR count). The fourth-order valence-corrected chi connectivity index (χ4v) is 3.65. The lowest BCUT2D eigenvalue weighted by atomic mass is 10.1. The van der Waals surface area contributed by atoms with Crippen molar-refractivity contribution < 1.29 is 14.4 Å². The van der Waals surface area contributed by atoms with Gasteiger partial charge < -0.3 is 20.4 Å². The number of nitrogens with one attached hydrogen (secondary N) is 2. The number of amides is 3. The Morgan fingerprint density at radius 2 is 2.03 bits per heavy atom. The Labute approximate surface area is 168 Å². The molecule has 2 aliphatic heterocycles. The molecular weight excluding hydrogens is 370 g/mol. The largest absolute Gasteiger partial charge is 0.359 e. The lowest BCUT2D eigenvalue weighted by Crippen LogP contribution is -2.48. The molecule has 1 fully saturated rings. The van der Waals surface area contributed by atoms with Crippen LogP contribution in [0.2, 0.25) is 0 Å². The summed E-state index contributed by atoms with van der Waals surface area (Å²) < 4.78 is 0. The fraction of sp³-hybridized carbons (Fsp3) is 0.333. The van der Waals surface area contributed by atoms with Gasteiger partial charge in [0, 0.05) is 32.3 Å². The molecule has 1 aromatic heterocycles. The monoisotopic (exact) mass is 393 g/mol. The highest BCUT2D eigenvalue weighted by Crippen LogP contribution is 2.30. The quantitative estimate of drug-likeness (QED) is 0.819. The minimum absolute atomic E-state index is 0.0758. The maximum absolute atomic E-state index is 12.8. The molecule has 1 unspecified atom stereocenters. The Morgan fingerprint density at radius 3 is 2.79 bits per heavy atom. The third-order valence-electron chi connectivity index (χ3n) is 5.27. The number of carbonyl (C=O) groups excluding carboxylic acids is 3. The zero-order valence-electron chi connectivity index (χ0n) is 16.2. The highest BCUT2D eigenvalue weighted by molar-refractivity contribution is 6.04. The van der Waals surface area contributed by atoms with E-state index in [0.29, 0.717) is 43.0 Å². The van der Waals surface area contributed by atoms with E-state index in [1.165, 1.54) is 6.20 Å². The van der Waals surface area contributed by atoms with Gasteiger partial charge in [0.1, 0.15) is 0 Å². The molecule has 29 heavy (non-hydrogen) atoms. The molecule has 1 atom stereocenters. The van der Waals surface area contributed by atoms with Crippen molar-refractivity contribution in [1.82, 2.24) is 15.2 Å². The summed E-state index contributed by atoms with van der Waals surface area (Å²) in [5.41, 5.74) is 1.98. The maximum Gasteiger partial charge on any atom is 0.253 e. The molecule has 8 heteroatoms. The predicted octanol–water partition coefficient (Wildman–Crippen LogP) is 1.39. The van der Waals surface area contributed by atoms with Crippen LogP contribution >= 0.6 is 0 Å². The number of nitrogens with zero attached hydrogens (tertiary/aromatic N) is 3. The van der Waals surface area contributed by atoms with Crippen LogP contribution in [0.1, 0.15) is 28.8 Å². The smallest absolute Gasteiger partial charge is 0.253 e. The van der Waals surface area contributed by atoms with Gasteiger partial charge in [-0.2, -0.15) is 0 Å². The lowest BCUT2D eigenvalue weighted by Gasteiger charge is -2.31. The Bertz CT molecular complexity index is 947. The SMILES string of the molecule is CN1CC(NC(=O)c2cnc3c(c2)N(Cc2ccccc2)C(=O)CN3)CCC1=O. The van der Waals surface area contributed by atoms with Gasteiger partial charge in [0.15, 0.2) is 5.82 Å². The molecule has 2 aliphatic rings. The zero-order chi connectivity index (χ0) is 20.4. The normalized spacial score (nSPS) is 18.9. The third-order valence-corrected chi connectivity index (χ3v) is 5.27. The van der Waals surface area contributed by atoms with Crippen LogP contribution in [0, 0.1) is 0 Å². The maximum atomic E-state index is 12.8. The van der Waals surface area contributed by atoms with Crippen LogP contribution in [0.25, 0.3) is 0 Å². The summed E-state index contributed by atoms with van der Waals surface area (Å²) in [7, 11) is 1.74. The van der Waals surface area contributed by atoms with E-state index >= 15 is 0 Å². The number of hydrogen-bond acceptors (Lipinski definition) is 5. The van der Waals surface area contributed by atoms with Crippen molar-refractivity contribution in [2.24, 2.45) is 0 Å². The summed E-state index contributed by atoms with van der Waals surface area (Å²) in [6, 6.07) is 11.3. The molecule has 1 aromatic carbocycles. The van der Waals surface area contributed by atoms with Gasteiger partial charge in [-0.1, -0.05) is 30.3 Å². The number of likely N-dealkylation sites (N-methyl/N-ethyl adjacent to an activating group) is 1. The van der Waals surface area contributed by atoms with Crippen molar-refractivity contribution in [1.29, 1.82) is 0 Å². The second-order valence-electron chi connectivity index (χ2n) is 7.39. The minimum Gasteiger partial charge on any atom is -0.359 e. The predicted molar refractivity (Wildman–Crippen MR) is 108 cm³/mol.